The molecule has 0 atom stereocenters. The standard InChI is InChI=1S/C16H30N6O2.HI/c1-4-24-13-7-9-18-16(19-14-15(23)21(2)3)17-8-5-11-22-12-6-10-20-22;/h6,10,12H,4-5,7-9,11,13-14H2,1-3H3,(H2,17,18,19);1H. The van der Waals surface area contributed by atoms with Crippen molar-refractivity contribution in [1.82, 2.24) is 25.3 Å². The molecule has 0 aromatic carbocycles. The van der Waals surface area contributed by atoms with E-state index in [1.807, 2.05) is 23.9 Å². The van der Waals surface area contributed by atoms with E-state index in [0.29, 0.717) is 12.6 Å². The fourth-order valence-corrected chi connectivity index (χ4v) is 1.87. The normalized spacial score (nSPS) is 10.9. The van der Waals surface area contributed by atoms with E-state index in [1.54, 1.807) is 20.3 Å². The first-order valence-corrected chi connectivity index (χ1v) is 8.41. The van der Waals surface area contributed by atoms with Gasteiger partial charge < -0.3 is 20.3 Å². The van der Waals surface area contributed by atoms with Crippen LogP contribution < -0.4 is 10.6 Å². The zero-order chi connectivity index (χ0) is 17.6. The molecule has 0 saturated carbocycles. The lowest BCUT2D eigenvalue weighted by atomic mass is 10.4. The summed E-state index contributed by atoms with van der Waals surface area (Å²) >= 11 is 0. The van der Waals surface area contributed by atoms with Gasteiger partial charge >= 0.3 is 0 Å². The van der Waals surface area contributed by atoms with Crippen LogP contribution in [0.3, 0.4) is 0 Å². The number of hydrogen-bond donors (Lipinski definition) is 2. The number of aliphatic imine (C=N–C) groups is 1. The molecule has 9 heteroatoms. The van der Waals surface area contributed by atoms with E-state index in [1.165, 1.54) is 4.90 Å². The number of halogens is 1. The number of rotatable bonds is 11. The van der Waals surface area contributed by atoms with E-state index in [4.69, 9.17) is 4.74 Å². The van der Waals surface area contributed by atoms with Crippen LogP contribution in [0.2, 0.25) is 0 Å². The second-order valence-electron chi connectivity index (χ2n) is 5.48. The molecular weight excluding hydrogens is 435 g/mol. The molecule has 0 aliphatic heterocycles. The van der Waals surface area contributed by atoms with Gasteiger partial charge in [0.15, 0.2) is 5.96 Å². The van der Waals surface area contributed by atoms with Crippen molar-refractivity contribution in [3.05, 3.63) is 18.5 Å². The fraction of sp³-hybridized carbons (Fsp3) is 0.688. The zero-order valence-corrected chi connectivity index (χ0v) is 17.7. The van der Waals surface area contributed by atoms with Crippen LogP contribution >= 0.6 is 24.0 Å². The average Bonchev–Trinajstić information content (AvgIpc) is 3.08. The second kappa shape index (κ2) is 14.9. The zero-order valence-electron chi connectivity index (χ0n) is 15.4. The Morgan fingerprint density at radius 1 is 1.28 bits per heavy atom. The Hall–Kier alpha value is -1.36. The molecule has 0 saturated heterocycles. The summed E-state index contributed by atoms with van der Waals surface area (Å²) in [5.41, 5.74) is 0. The van der Waals surface area contributed by atoms with Crippen molar-refractivity contribution in [2.24, 2.45) is 4.99 Å². The molecule has 1 aromatic heterocycles. The van der Waals surface area contributed by atoms with Gasteiger partial charge in [0, 0.05) is 59.3 Å². The predicted octanol–water partition coefficient (Wildman–Crippen LogP) is 0.941. The Morgan fingerprint density at radius 2 is 2.00 bits per heavy atom. The van der Waals surface area contributed by atoms with E-state index < -0.39 is 0 Å². The average molecular weight is 466 g/mol. The molecule has 0 aliphatic rings. The molecule has 0 radical (unpaired) electrons. The van der Waals surface area contributed by atoms with Crippen molar-refractivity contribution in [1.29, 1.82) is 0 Å². The summed E-state index contributed by atoms with van der Waals surface area (Å²) in [5.74, 6) is 0.629. The highest BCUT2D eigenvalue weighted by molar-refractivity contribution is 14.0. The maximum Gasteiger partial charge on any atom is 0.243 e. The first kappa shape index (κ1) is 23.6. The first-order chi connectivity index (χ1) is 11.6. The third kappa shape index (κ3) is 11.8. The highest BCUT2D eigenvalue weighted by Gasteiger charge is 2.04. The largest absolute Gasteiger partial charge is 0.382 e. The summed E-state index contributed by atoms with van der Waals surface area (Å²) < 4.78 is 7.21. The Labute approximate surface area is 167 Å². The lowest BCUT2D eigenvalue weighted by Crippen LogP contribution is -2.40. The number of amides is 1. The lowest BCUT2D eigenvalue weighted by molar-refractivity contribution is -0.127. The highest BCUT2D eigenvalue weighted by Crippen LogP contribution is 1.89. The van der Waals surface area contributed by atoms with Crippen LogP contribution in [0.5, 0.6) is 0 Å². The smallest absolute Gasteiger partial charge is 0.243 e. The topological polar surface area (TPSA) is 83.8 Å². The van der Waals surface area contributed by atoms with Crippen LogP contribution in [0.25, 0.3) is 0 Å². The monoisotopic (exact) mass is 466 g/mol. The number of carbonyl (C=O) groups excluding carboxylic acids is 1. The van der Waals surface area contributed by atoms with Gasteiger partial charge in [-0.3, -0.25) is 9.48 Å². The molecule has 0 aliphatic carbocycles. The van der Waals surface area contributed by atoms with Crippen LogP contribution in [0.15, 0.2) is 23.5 Å². The van der Waals surface area contributed by atoms with Crippen molar-refractivity contribution < 1.29 is 9.53 Å². The molecule has 25 heavy (non-hydrogen) atoms. The molecule has 2 N–H and O–H groups in total. The molecule has 144 valence electrons. The van der Waals surface area contributed by atoms with E-state index >= 15 is 0 Å². The molecule has 1 amide bonds. The van der Waals surface area contributed by atoms with Gasteiger partial charge in [-0.05, 0) is 25.8 Å². The van der Waals surface area contributed by atoms with Crippen LogP contribution in [0.1, 0.15) is 19.8 Å². The van der Waals surface area contributed by atoms with Crippen molar-refractivity contribution in [2.75, 3.05) is 46.9 Å². The van der Waals surface area contributed by atoms with Gasteiger partial charge in [-0.2, -0.15) is 5.10 Å². The third-order valence-corrected chi connectivity index (χ3v) is 3.25. The van der Waals surface area contributed by atoms with Crippen molar-refractivity contribution in [3.8, 4) is 0 Å². The van der Waals surface area contributed by atoms with Crippen molar-refractivity contribution >= 4 is 35.8 Å². The molecule has 1 aromatic rings. The van der Waals surface area contributed by atoms with Crippen molar-refractivity contribution in [2.45, 2.75) is 26.3 Å². The number of aryl methyl sites for hydroxylation is 1. The SMILES string of the molecule is CCOCCCNC(=NCC(=O)N(C)C)NCCCn1cccn1.I. The van der Waals surface area contributed by atoms with Crippen molar-refractivity contribution in [3.63, 3.8) is 0 Å². The molecule has 1 rings (SSSR count). The predicted molar refractivity (Wildman–Crippen MR) is 110 cm³/mol. The van der Waals surface area contributed by atoms with Gasteiger partial charge in [0.1, 0.15) is 6.54 Å². The summed E-state index contributed by atoms with van der Waals surface area (Å²) in [7, 11) is 3.45. The third-order valence-electron chi connectivity index (χ3n) is 3.25. The maximum absolute atomic E-state index is 11.7. The van der Waals surface area contributed by atoms with E-state index in [2.05, 4.69) is 20.7 Å². The highest BCUT2D eigenvalue weighted by atomic mass is 127. The fourth-order valence-electron chi connectivity index (χ4n) is 1.87. The van der Waals surface area contributed by atoms with Gasteiger partial charge in [0.25, 0.3) is 0 Å². The van der Waals surface area contributed by atoms with E-state index in [-0.39, 0.29) is 36.4 Å². The lowest BCUT2D eigenvalue weighted by Gasteiger charge is -2.14. The molecule has 1 heterocycles. The number of guanidine groups is 1. The number of ether oxygens (including phenoxy) is 1. The van der Waals surface area contributed by atoms with Gasteiger partial charge in [0.2, 0.25) is 5.91 Å². The number of hydrogen-bond acceptors (Lipinski definition) is 4. The maximum atomic E-state index is 11.7. The number of aromatic nitrogens is 2. The van der Waals surface area contributed by atoms with Crippen LogP contribution in [-0.4, -0.2) is 73.5 Å². The molecule has 0 spiro atoms. The summed E-state index contributed by atoms with van der Waals surface area (Å²) in [6, 6.07) is 1.91. The Kier molecular flexibility index (Phi) is 14.1. The minimum absolute atomic E-state index is 0. The van der Waals surface area contributed by atoms with Gasteiger partial charge in [-0.1, -0.05) is 0 Å². The summed E-state index contributed by atoms with van der Waals surface area (Å²) in [6.07, 6.45) is 5.52. The van der Waals surface area contributed by atoms with Crippen LogP contribution in [0, 0.1) is 0 Å². The summed E-state index contributed by atoms with van der Waals surface area (Å²) in [5, 5.41) is 10.7. The van der Waals surface area contributed by atoms with Crippen LogP contribution in [0.4, 0.5) is 0 Å². The van der Waals surface area contributed by atoms with E-state index in [9.17, 15) is 4.79 Å². The Morgan fingerprint density at radius 3 is 2.60 bits per heavy atom. The molecule has 0 unspecified atom stereocenters. The van der Waals surface area contributed by atoms with Gasteiger partial charge in [-0.25, -0.2) is 4.99 Å². The summed E-state index contributed by atoms with van der Waals surface area (Å²) in [6.45, 7) is 5.90. The molecule has 0 bridgehead atoms. The number of likely N-dealkylation sites (N-methyl/N-ethyl adjacent to an activating group) is 1. The minimum Gasteiger partial charge on any atom is -0.382 e. The van der Waals surface area contributed by atoms with E-state index in [0.717, 1.165) is 39.1 Å². The molecule has 0 fully saturated rings. The summed E-state index contributed by atoms with van der Waals surface area (Å²) in [4.78, 5) is 17.6. The number of nitrogens with zero attached hydrogens (tertiary/aromatic N) is 4. The Bertz CT molecular complexity index is 479. The number of nitrogens with one attached hydrogen (secondary N) is 2. The minimum atomic E-state index is -0.0260. The molecular formula is C16H31IN6O2. The quantitative estimate of drug-likeness (QED) is 0.220. The van der Waals surface area contributed by atoms with Crippen LogP contribution in [-0.2, 0) is 16.1 Å². The second-order valence-corrected chi connectivity index (χ2v) is 5.48. The molecule has 8 nitrogen and oxygen atoms in total. The van der Waals surface area contributed by atoms with Gasteiger partial charge in [-0.15, -0.1) is 24.0 Å². The number of carbonyl (C=O) groups is 1. The Balaban J connectivity index is 0.00000576. The first-order valence-electron chi connectivity index (χ1n) is 8.41. The van der Waals surface area contributed by atoms with Gasteiger partial charge in [0.05, 0.1) is 0 Å².